The van der Waals surface area contributed by atoms with E-state index in [1.54, 1.807) is 14.2 Å². The van der Waals surface area contributed by atoms with Crippen molar-refractivity contribution >= 4 is 5.91 Å². The van der Waals surface area contributed by atoms with Gasteiger partial charge in [-0.1, -0.05) is 55.0 Å². The van der Waals surface area contributed by atoms with E-state index in [0.29, 0.717) is 24.5 Å². The van der Waals surface area contributed by atoms with Gasteiger partial charge in [0.25, 0.3) is 0 Å². The third-order valence-corrected chi connectivity index (χ3v) is 8.04. The van der Waals surface area contributed by atoms with Crippen LogP contribution in [0.2, 0.25) is 0 Å². The summed E-state index contributed by atoms with van der Waals surface area (Å²) in [5, 5.41) is 11.0. The fourth-order valence-corrected chi connectivity index (χ4v) is 6.08. The van der Waals surface area contributed by atoms with Crippen molar-refractivity contribution < 1.29 is 19.4 Å². The van der Waals surface area contributed by atoms with Crippen LogP contribution in [0.5, 0.6) is 17.2 Å². The number of hydrazine groups is 1. The number of carbonyl (C=O) groups is 1. The Bertz CT molecular complexity index is 1320. The first-order chi connectivity index (χ1) is 18.4. The van der Waals surface area contributed by atoms with Crippen LogP contribution >= 0.6 is 0 Å². The lowest BCUT2D eigenvalue weighted by molar-refractivity contribution is -0.130. The number of aromatic hydroxyl groups is 1. The number of ether oxygens (including phenoxy) is 2. The quantitative estimate of drug-likeness (QED) is 0.408. The van der Waals surface area contributed by atoms with E-state index in [4.69, 9.17) is 9.47 Å². The van der Waals surface area contributed by atoms with Crippen LogP contribution in [-0.2, 0) is 17.6 Å². The van der Waals surface area contributed by atoms with Gasteiger partial charge in [-0.15, -0.1) is 0 Å². The van der Waals surface area contributed by atoms with Gasteiger partial charge in [0.15, 0.2) is 11.5 Å². The van der Waals surface area contributed by atoms with Gasteiger partial charge in [0.1, 0.15) is 11.8 Å². The molecule has 0 spiro atoms. The summed E-state index contributed by atoms with van der Waals surface area (Å²) < 4.78 is 10.9. The van der Waals surface area contributed by atoms with Gasteiger partial charge in [-0.05, 0) is 61.1 Å². The molecule has 0 saturated carbocycles. The smallest absolute Gasteiger partial charge is 0.242 e. The Labute approximate surface area is 224 Å². The van der Waals surface area contributed by atoms with Gasteiger partial charge < -0.3 is 19.5 Å². The summed E-state index contributed by atoms with van der Waals surface area (Å²) in [5.41, 5.74) is 12.8. The molecule has 2 fully saturated rings. The molecule has 2 aliphatic heterocycles. The van der Waals surface area contributed by atoms with Crippen molar-refractivity contribution in [3.63, 3.8) is 0 Å². The molecule has 7 nitrogen and oxygen atoms in total. The number of benzene rings is 3. The van der Waals surface area contributed by atoms with E-state index in [9.17, 15) is 9.90 Å². The zero-order valence-corrected chi connectivity index (χ0v) is 22.7. The topological polar surface area (TPSA) is 83.1 Å². The zero-order valence-electron chi connectivity index (χ0n) is 22.7. The number of nitrogens with zero attached hydrogens (tertiary/aromatic N) is 1. The Hall–Kier alpha value is -3.55. The van der Waals surface area contributed by atoms with E-state index in [-0.39, 0.29) is 35.7 Å². The Morgan fingerprint density at radius 1 is 0.895 bits per heavy atom. The number of carbonyl (C=O) groups excluding carboxylic acids is 1. The minimum absolute atomic E-state index is 0.0684. The highest BCUT2D eigenvalue weighted by molar-refractivity contribution is 5.86. The Kier molecular flexibility index (Phi) is 7.32. The molecule has 38 heavy (non-hydrogen) atoms. The van der Waals surface area contributed by atoms with Crippen molar-refractivity contribution in [3.05, 3.63) is 88.0 Å². The molecule has 5 rings (SSSR count). The molecule has 0 aliphatic carbocycles. The fourth-order valence-electron chi connectivity index (χ4n) is 6.08. The lowest BCUT2D eigenvalue weighted by Gasteiger charge is -2.32. The molecule has 4 atom stereocenters. The van der Waals surface area contributed by atoms with Gasteiger partial charge in [-0.3, -0.25) is 4.79 Å². The molecule has 1 amide bonds. The summed E-state index contributed by atoms with van der Waals surface area (Å²) >= 11 is 0. The number of nitrogens with one attached hydrogen (secondary N) is 2. The molecule has 7 heteroatoms. The van der Waals surface area contributed by atoms with Crippen molar-refractivity contribution in [2.45, 2.75) is 51.7 Å². The molecule has 0 radical (unpaired) electrons. The van der Waals surface area contributed by atoms with Crippen LogP contribution in [0.1, 0.15) is 52.4 Å². The molecule has 2 aliphatic rings. The van der Waals surface area contributed by atoms with Crippen LogP contribution in [0.15, 0.2) is 54.6 Å². The maximum absolute atomic E-state index is 13.9. The minimum Gasteiger partial charge on any atom is -0.507 e. The molecular formula is C31H37N3O4. The van der Waals surface area contributed by atoms with Crippen molar-refractivity contribution in [1.29, 1.82) is 0 Å². The number of hydrogen-bond acceptors (Lipinski definition) is 6. The van der Waals surface area contributed by atoms with Gasteiger partial charge in [0.05, 0.1) is 26.3 Å². The van der Waals surface area contributed by atoms with Crippen LogP contribution in [0.4, 0.5) is 0 Å². The highest BCUT2D eigenvalue weighted by Gasteiger charge is 2.55. The molecule has 3 aromatic rings. The van der Waals surface area contributed by atoms with E-state index < -0.39 is 0 Å². The standard InChI is InChI=1S/C31H37N3O4/c1-6-20-7-10-22(11-8-20)29-26-27(23-16-18(2)15-19(3)30(23)35)32-33-28(26)31(36)34(29)14-13-21-9-12-24(37-4)25(17-21)38-5/h7-12,15-17,26-29,32-33,35H,6,13-14H2,1-5H3. The highest BCUT2D eigenvalue weighted by atomic mass is 16.5. The third-order valence-electron chi connectivity index (χ3n) is 8.04. The maximum Gasteiger partial charge on any atom is 0.242 e. The van der Waals surface area contributed by atoms with Crippen LogP contribution in [-0.4, -0.2) is 42.7 Å². The van der Waals surface area contributed by atoms with Crippen LogP contribution < -0.4 is 20.3 Å². The zero-order chi connectivity index (χ0) is 27.0. The second-order valence-corrected chi connectivity index (χ2v) is 10.4. The lowest BCUT2D eigenvalue weighted by Crippen LogP contribution is -2.42. The summed E-state index contributed by atoms with van der Waals surface area (Å²) in [5.74, 6) is 1.62. The van der Waals surface area contributed by atoms with Crippen molar-refractivity contribution in [2.24, 2.45) is 5.92 Å². The fraction of sp³-hybridized carbons (Fsp3) is 0.387. The van der Waals surface area contributed by atoms with E-state index in [2.05, 4.69) is 42.0 Å². The number of likely N-dealkylation sites (tertiary alicyclic amines) is 1. The molecular weight excluding hydrogens is 478 g/mol. The Morgan fingerprint density at radius 2 is 1.58 bits per heavy atom. The number of aryl methyl sites for hydroxylation is 3. The molecule has 3 N–H and O–H groups in total. The Balaban J connectivity index is 1.51. The summed E-state index contributed by atoms with van der Waals surface area (Å²) in [6.07, 6.45) is 1.64. The average Bonchev–Trinajstić information content (AvgIpc) is 3.47. The normalized spacial score (nSPS) is 22.6. The predicted octanol–water partition coefficient (Wildman–Crippen LogP) is 4.55. The van der Waals surface area contributed by atoms with E-state index in [1.807, 2.05) is 49.1 Å². The monoisotopic (exact) mass is 515 g/mol. The number of phenols is 1. The van der Waals surface area contributed by atoms with Crippen molar-refractivity contribution in [3.8, 4) is 17.2 Å². The molecule has 4 unspecified atom stereocenters. The van der Waals surface area contributed by atoms with Crippen molar-refractivity contribution in [2.75, 3.05) is 20.8 Å². The second kappa shape index (κ2) is 10.7. The average molecular weight is 516 g/mol. The predicted molar refractivity (Wildman–Crippen MR) is 147 cm³/mol. The number of fused-ring (bicyclic) bond motifs is 1. The number of hydrogen-bond donors (Lipinski definition) is 3. The summed E-state index contributed by atoms with van der Waals surface area (Å²) in [6.45, 7) is 6.66. The number of phenolic OH excluding ortho intramolecular Hbond substituents is 1. The molecule has 2 heterocycles. The SMILES string of the molecule is CCc1ccc(C2C3C(NNC3c3cc(C)cc(C)c3O)C(=O)N2CCc2ccc(OC)c(OC)c2)cc1. The van der Waals surface area contributed by atoms with Gasteiger partial charge in [0.2, 0.25) is 5.91 Å². The van der Waals surface area contributed by atoms with Crippen molar-refractivity contribution in [1.82, 2.24) is 15.8 Å². The van der Waals surface area contributed by atoms with E-state index >= 15 is 0 Å². The first-order valence-electron chi connectivity index (χ1n) is 13.3. The molecule has 2 saturated heterocycles. The van der Waals surface area contributed by atoms with E-state index in [1.165, 1.54) is 5.56 Å². The van der Waals surface area contributed by atoms with E-state index in [0.717, 1.165) is 34.2 Å². The highest BCUT2D eigenvalue weighted by Crippen LogP contribution is 2.49. The Morgan fingerprint density at radius 3 is 2.26 bits per heavy atom. The van der Waals surface area contributed by atoms with Gasteiger partial charge >= 0.3 is 0 Å². The summed E-state index contributed by atoms with van der Waals surface area (Å²) in [4.78, 5) is 15.9. The summed E-state index contributed by atoms with van der Waals surface area (Å²) in [6, 6.07) is 17.8. The lowest BCUT2D eigenvalue weighted by atomic mass is 9.82. The maximum atomic E-state index is 13.9. The first-order valence-corrected chi connectivity index (χ1v) is 13.3. The van der Waals surface area contributed by atoms with Crippen LogP contribution in [0, 0.1) is 19.8 Å². The molecule has 0 aromatic heterocycles. The van der Waals surface area contributed by atoms with Crippen LogP contribution in [0.25, 0.3) is 0 Å². The molecule has 3 aromatic carbocycles. The van der Waals surface area contributed by atoms with Gasteiger partial charge in [-0.25, -0.2) is 10.9 Å². The third kappa shape index (κ3) is 4.61. The minimum atomic E-state index is -0.388. The molecule has 200 valence electrons. The number of rotatable bonds is 8. The van der Waals surface area contributed by atoms with Gasteiger partial charge in [-0.2, -0.15) is 0 Å². The molecule has 0 bridgehead atoms. The summed E-state index contributed by atoms with van der Waals surface area (Å²) in [7, 11) is 3.25. The van der Waals surface area contributed by atoms with Gasteiger partial charge in [0, 0.05) is 18.0 Å². The number of amides is 1. The largest absolute Gasteiger partial charge is 0.507 e. The van der Waals surface area contributed by atoms with Crippen LogP contribution in [0.3, 0.4) is 0 Å². The number of methoxy groups -OCH3 is 2. The first kappa shape index (κ1) is 26.1. The second-order valence-electron chi connectivity index (χ2n) is 10.4.